The summed E-state index contributed by atoms with van der Waals surface area (Å²) in [6, 6.07) is 14.5. The molecule has 0 aromatic heterocycles. The minimum Gasteiger partial charge on any atom is -0.392 e. The molecule has 3 rings (SSSR count). The van der Waals surface area contributed by atoms with E-state index in [0.29, 0.717) is 15.6 Å². The zero-order chi connectivity index (χ0) is 16.6. The summed E-state index contributed by atoms with van der Waals surface area (Å²) in [5.74, 6) is -0.256. The van der Waals surface area contributed by atoms with E-state index in [-0.39, 0.29) is 28.0 Å². The lowest BCUT2D eigenvalue weighted by Gasteiger charge is -2.12. The Kier molecular flexibility index (Phi) is 4.74. The molecule has 1 N–H and O–H groups in total. The summed E-state index contributed by atoms with van der Waals surface area (Å²) in [5.41, 5.74) is 1.32. The van der Waals surface area contributed by atoms with Crippen molar-refractivity contribution in [1.82, 2.24) is 0 Å². The van der Waals surface area contributed by atoms with Gasteiger partial charge in [-0.25, -0.2) is 0 Å². The lowest BCUT2D eigenvalue weighted by molar-refractivity contribution is 0.104. The van der Waals surface area contributed by atoms with Crippen LogP contribution < -0.4 is 0 Å². The predicted octanol–water partition coefficient (Wildman–Crippen LogP) is 5.63. The largest absolute Gasteiger partial charge is 0.392 e. The van der Waals surface area contributed by atoms with E-state index in [2.05, 4.69) is 15.9 Å². The Morgan fingerprint density at radius 2 is 1.65 bits per heavy atom. The van der Waals surface area contributed by atoms with E-state index in [1.807, 2.05) is 36.4 Å². The lowest BCUT2D eigenvalue weighted by atomic mass is 9.96. The number of fused-ring (bicyclic) bond motifs is 1. The van der Waals surface area contributed by atoms with Crippen molar-refractivity contribution in [3.8, 4) is 0 Å². The van der Waals surface area contributed by atoms with Crippen molar-refractivity contribution in [2.45, 2.75) is 6.61 Å². The number of halogens is 3. The monoisotopic (exact) mass is 408 g/mol. The smallest absolute Gasteiger partial charge is 0.197 e. The molecule has 0 saturated heterocycles. The molecule has 0 fully saturated rings. The first kappa shape index (κ1) is 16.5. The second-order valence-corrected chi connectivity index (χ2v) is 6.73. The van der Waals surface area contributed by atoms with E-state index < -0.39 is 0 Å². The molecule has 0 radical (unpaired) electrons. The third-order valence-corrected chi connectivity index (χ3v) is 4.87. The van der Waals surface area contributed by atoms with Gasteiger partial charge in [-0.2, -0.15) is 0 Å². The van der Waals surface area contributed by atoms with Crippen LogP contribution in [0.25, 0.3) is 10.8 Å². The number of aliphatic hydroxyl groups is 1. The van der Waals surface area contributed by atoms with Crippen LogP contribution in [0.5, 0.6) is 0 Å². The van der Waals surface area contributed by atoms with Gasteiger partial charge in [0.05, 0.1) is 22.2 Å². The van der Waals surface area contributed by atoms with Gasteiger partial charge >= 0.3 is 0 Å². The van der Waals surface area contributed by atoms with Gasteiger partial charge in [0.1, 0.15) is 0 Å². The van der Waals surface area contributed by atoms with Crippen molar-refractivity contribution in [3.63, 3.8) is 0 Å². The fourth-order valence-electron chi connectivity index (χ4n) is 2.53. The van der Waals surface area contributed by atoms with Gasteiger partial charge in [0, 0.05) is 10.0 Å². The Labute approximate surface area is 151 Å². The minimum absolute atomic E-state index is 0.189. The summed E-state index contributed by atoms with van der Waals surface area (Å²) in [4.78, 5) is 13.1. The molecule has 116 valence electrons. The van der Waals surface area contributed by atoms with Gasteiger partial charge < -0.3 is 5.11 Å². The summed E-state index contributed by atoms with van der Waals surface area (Å²) in [7, 11) is 0. The zero-order valence-corrected chi connectivity index (χ0v) is 14.9. The van der Waals surface area contributed by atoms with Gasteiger partial charge in [-0.15, -0.1) is 0 Å². The van der Waals surface area contributed by atoms with Gasteiger partial charge in [0.15, 0.2) is 5.78 Å². The summed E-state index contributed by atoms with van der Waals surface area (Å²) in [6.45, 7) is -0.189. The highest BCUT2D eigenvalue weighted by Crippen LogP contribution is 2.34. The second-order valence-electron chi connectivity index (χ2n) is 5.07. The third-order valence-electron chi connectivity index (χ3n) is 3.62. The van der Waals surface area contributed by atoms with Gasteiger partial charge in [-0.1, -0.05) is 69.5 Å². The van der Waals surface area contributed by atoms with Crippen LogP contribution in [0.15, 0.2) is 53.0 Å². The van der Waals surface area contributed by atoms with Crippen LogP contribution in [0.3, 0.4) is 0 Å². The molecule has 2 nitrogen and oxygen atoms in total. The highest BCUT2D eigenvalue weighted by molar-refractivity contribution is 9.10. The molecule has 0 spiro atoms. The molecule has 23 heavy (non-hydrogen) atoms. The zero-order valence-electron chi connectivity index (χ0n) is 11.8. The van der Waals surface area contributed by atoms with Crippen LogP contribution in [0.2, 0.25) is 10.0 Å². The fourth-order valence-corrected chi connectivity index (χ4v) is 3.76. The third kappa shape index (κ3) is 3.02. The maximum atomic E-state index is 13.1. The van der Waals surface area contributed by atoms with Crippen LogP contribution >= 0.6 is 39.1 Å². The Balaban J connectivity index is 2.25. The summed E-state index contributed by atoms with van der Waals surface area (Å²) < 4.78 is 0.680. The topological polar surface area (TPSA) is 37.3 Å². The van der Waals surface area contributed by atoms with Crippen molar-refractivity contribution in [2.75, 3.05) is 0 Å². The molecular formula is C18H11BrCl2O2. The number of ketones is 1. The predicted molar refractivity (Wildman–Crippen MR) is 97.5 cm³/mol. The van der Waals surface area contributed by atoms with E-state index in [9.17, 15) is 9.90 Å². The van der Waals surface area contributed by atoms with Crippen LogP contribution in [0.1, 0.15) is 21.5 Å². The number of carbonyl (C=O) groups excluding carboxylic acids is 1. The van der Waals surface area contributed by atoms with Gasteiger partial charge in [0.2, 0.25) is 0 Å². The molecule has 0 aliphatic heterocycles. The molecule has 0 heterocycles. The summed E-state index contributed by atoms with van der Waals surface area (Å²) in [6.07, 6.45) is 0. The molecular weight excluding hydrogens is 399 g/mol. The Morgan fingerprint density at radius 3 is 2.30 bits per heavy atom. The average molecular weight is 410 g/mol. The van der Waals surface area contributed by atoms with Crippen LogP contribution in [0.4, 0.5) is 0 Å². The molecule has 5 heteroatoms. The molecule has 3 aromatic rings. The highest BCUT2D eigenvalue weighted by atomic mass is 79.9. The van der Waals surface area contributed by atoms with Gasteiger partial charge in [-0.3, -0.25) is 4.79 Å². The first-order chi connectivity index (χ1) is 11.0. The SMILES string of the molecule is O=C(c1c(Cl)cc(CO)cc1Cl)c1c(Br)ccc2ccccc12. The van der Waals surface area contributed by atoms with E-state index in [1.165, 1.54) is 0 Å². The van der Waals surface area contributed by atoms with Crippen LogP contribution in [-0.2, 0) is 6.61 Å². The normalized spacial score (nSPS) is 11.0. The van der Waals surface area contributed by atoms with Crippen LogP contribution in [0, 0.1) is 0 Å². The van der Waals surface area contributed by atoms with Crippen molar-refractivity contribution in [1.29, 1.82) is 0 Å². The van der Waals surface area contributed by atoms with E-state index in [1.54, 1.807) is 12.1 Å². The molecule has 0 bridgehead atoms. The quantitative estimate of drug-likeness (QED) is 0.569. The van der Waals surface area contributed by atoms with Crippen molar-refractivity contribution < 1.29 is 9.90 Å². The average Bonchev–Trinajstić information content (AvgIpc) is 2.53. The lowest BCUT2D eigenvalue weighted by Crippen LogP contribution is -2.06. The minimum atomic E-state index is -0.256. The number of hydrogen-bond donors (Lipinski definition) is 1. The van der Waals surface area contributed by atoms with E-state index in [0.717, 1.165) is 10.8 Å². The molecule has 0 aliphatic rings. The first-order valence-corrected chi connectivity index (χ1v) is 8.38. The maximum Gasteiger partial charge on any atom is 0.197 e. The van der Waals surface area contributed by atoms with Crippen molar-refractivity contribution >= 4 is 55.7 Å². The van der Waals surface area contributed by atoms with Crippen molar-refractivity contribution in [2.24, 2.45) is 0 Å². The number of hydrogen-bond acceptors (Lipinski definition) is 2. The van der Waals surface area contributed by atoms with Gasteiger partial charge in [-0.05, 0) is 34.5 Å². The molecule has 0 atom stereocenters. The van der Waals surface area contributed by atoms with E-state index >= 15 is 0 Å². The Bertz CT molecular complexity index is 899. The summed E-state index contributed by atoms with van der Waals surface area (Å²) >= 11 is 15.9. The molecule has 0 aliphatic carbocycles. The van der Waals surface area contributed by atoms with Crippen molar-refractivity contribution in [3.05, 3.63) is 79.7 Å². The highest BCUT2D eigenvalue weighted by Gasteiger charge is 2.21. The Hall–Kier alpha value is -1.39. The van der Waals surface area contributed by atoms with Gasteiger partial charge in [0.25, 0.3) is 0 Å². The molecule has 0 saturated carbocycles. The molecule has 0 unspecified atom stereocenters. The first-order valence-electron chi connectivity index (χ1n) is 6.83. The number of benzene rings is 3. The summed E-state index contributed by atoms with van der Waals surface area (Å²) in [5, 5.41) is 11.4. The fraction of sp³-hybridized carbons (Fsp3) is 0.0556. The maximum absolute atomic E-state index is 13.1. The second kappa shape index (κ2) is 6.62. The molecule has 0 amide bonds. The Morgan fingerprint density at radius 1 is 1.00 bits per heavy atom. The number of rotatable bonds is 3. The molecule has 3 aromatic carbocycles. The number of carbonyl (C=O) groups is 1. The number of aliphatic hydroxyl groups excluding tert-OH is 1. The van der Waals surface area contributed by atoms with E-state index in [4.69, 9.17) is 23.2 Å². The van der Waals surface area contributed by atoms with Crippen LogP contribution in [-0.4, -0.2) is 10.9 Å². The standard InChI is InChI=1S/C18H11BrCl2O2/c19-13-6-5-11-3-1-2-4-12(11)16(13)18(23)17-14(20)7-10(9-22)8-15(17)21/h1-8,22H,9H2.